The van der Waals surface area contributed by atoms with Gasteiger partial charge in [0, 0.05) is 25.5 Å². The zero-order valence-corrected chi connectivity index (χ0v) is 12.3. The number of likely N-dealkylation sites (tertiary alicyclic amines) is 1. The molecule has 1 saturated heterocycles. The third kappa shape index (κ3) is 6.50. The molecule has 0 bridgehead atoms. The molecule has 18 heavy (non-hydrogen) atoms. The molecule has 0 atom stereocenters. The van der Waals surface area contributed by atoms with Gasteiger partial charge in [0.25, 0.3) is 0 Å². The summed E-state index contributed by atoms with van der Waals surface area (Å²) in [4.78, 5) is 13.9. The van der Waals surface area contributed by atoms with Crippen LogP contribution in [-0.4, -0.2) is 43.5 Å². The lowest BCUT2D eigenvalue weighted by Crippen LogP contribution is -2.35. The molecule has 3 heteroatoms. The molecule has 1 rings (SSSR count). The monoisotopic (exact) mass is 255 g/mol. The second-order valence-electron chi connectivity index (χ2n) is 5.86. The highest BCUT2D eigenvalue weighted by Crippen LogP contribution is 2.15. The molecule has 3 nitrogen and oxygen atoms in total. The average molecular weight is 255 g/mol. The molecule has 0 saturated carbocycles. The summed E-state index contributed by atoms with van der Waals surface area (Å²) in [5.74, 6) is 1.41. The number of nitrogens with zero attached hydrogens (tertiary/aromatic N) is 1. The molecule has 1 aliphatic rings. The molecular weight excluding hydrogens is 226 g/mol. The van der Waals surface area contributed by atoms with E-state index in [0.717, 1.165) is 32.1 Å². The highest BCUT2D eigenvalue weighted by atomic mass is 16.5. The van der Waals surface area contributed by atoms with Gasteiger partial charge in [0.05, 0.1) is 6.61 Å². The number of rotatable bonds is 8. The number of carbonyl (C=O) groups excluding carboxylic acids is 1. The predicted octanol–water partition coefficient (Wildman–Crippen LogP) is 2.74. The van der Waals surface area contributed by atoms with Crippen LogP contribution < -0.4 is 0 Å². The van der Waals surface area contributed by atoms with Crippen molar-refractivity contribution in [2.45, 2.75) is 46.5 Å². The Morgan fingerprint density at radius 3 is 2.56 bits per heavy atom. The van der Waals surface area contributed by atoms with E-state index in [9.17, 15) is 4.79 Å². The molecular formula is C15H29NO2. The first-order valence-corrected chi connectivity index (χ1v) is 7.42. The lowest BCUT2D eigenvalue weighted by molar-refractivity contribution is -0.122. The Morgan fingerprint density at radius 2 is 1.94 bits per heavy atom. The number of piperidine rings is 1. The summed E-state index contributed by atoms with van der Waals surface area (Å²) >= 11 is 0. The molecule has 0 aromatic heterocycles. The standard InChI is InChI=1S/C15H29NO2/c1-13(2)15(17)5-4-11-18-12-10-16-8-6-14(3)7-9-16/h13-14H,4-12H2,1-3H3. The van der Waals surface area contributed by atoms with E-state index in [1.54, 1.807) is 0 Å². The number of hydrogen-bond acceptors (Lipinski definition) is 3. The molecule has 1 heterocycles. The van der Waals surface area contributed by atoms with Crippen LogP contribution in [0.25, 0.3) is 0 Å². The lowest BCUT2D eigenvalue weighted by Gasteiger charge is -2.29. The van der Waals surface area contributed by atoms with Gasteiger partial charge in [-0.15, -0.1) is 0 Å². The van der Waals surface area contributed by atoms with E-state index in [-0.39, 0.29) is 5.92 Å². The summed E-state index contributed by atoms with van der Waals surface area (Å²) in [6, 6.07) is 0. The van der Waals surface area contributed by atoms with Gasteiger partial charge >= 0.3 is 0 Å². The SMILES string of the molecule is CC1CCN(CCOCCCC(=O)C(C)C)CC1. The first-order chi connectivity index (χ1) is 8.59. The first-order valence-electron chi connectivity index (χ1n) is 7.42. The van der Waals surface area contributed by atoms with E-state index in [2.05, 4.69) is 11.8 Å². The van der Waals surface area contributed by atoms with Gasteiger partial charge in [-0.05, 0) is 38.3 Å². The maximum absolute atomic E-state index is 11.4. The zero-order chi connectivity index (χ0) is 13.4. The normalized spacial score (nSPS) is 18.4. The molecule has 0 aliphatic carbocycles. The minimum absolute atomic E-state index is 0.167. The second-order valence-corrected chi connectivity index (χ2v) is 5.86. The molecule has 0 aromatic rings. The highest BCUT2D eigenvalue weighted by Gasteiger charge is 2.14. The second kappa shape index (κ2) is 8.65. The molecule has 0 amide bonds. The fourth-order valence-electron chi connectivity index (χ4n) is 2.22. The predicted molar refractivity (Wildman–Crippen MR) is 74.7 cm³/mol. The molecule has 0 aromatic carbocycles. The minimum atomic E-state index is 0.167. The summed E-state index contributed by atoms with van der Waals surface area (Å²) in [7, 11) is 0. The van der Waals surface area contributed by atoms with Crippen molar-refractivity contribution in [3.05, 3.63) is 0 Å². The third-order valence-electron chi connectivity index (χ3n) is 3.78. The van der Waals surface area contributed by atoms with Crippen LogP contribution in [0.5, 0.6) is 0 Å². The van der Waals surface area contributed by atoms with Crippen molar-refractivity contribution in [3.8, 4) is 0 Å². The van der Waals surface area contributed by atoms with E-state index in [0.29, 0.717) is 12.2 Å². The number of carbonyl (C=O) groups is 1. The summed E-state index contributed by atoms with van der Waals surface area (Å²) in [5, 5.41) is 0. The van der Waals surface area contributed by atoms with Crippen LogP contribution >= 0.6 is 0 Å². The summed E-state index contributed by atoms with van der Waals surface area (Å²) in [6.45, 7) is 11.3. The van der Waals surface area contributed by atoms with E-state index in [1.807, 2.05) is 13.8 Å². The maximum atomic E-state index is 11.4. The van der Waals surface area contributed by atoms with Gasteiger partial charge in [0.2, 0.25) is 0 Å². The fourth-order valence-corrected chi connectivity index (χ4v) is 2.22. The Labute approximate surface area is 112 Å². The van der Waals surface area contributed by atoms with E-state index in [1.165, 1.54) is 25.9 Å². The van der Waals surface area contributed by atoms with Gasteiger partial charge in [0.15, 0.2) is 0 Å². The molecule has 0 N–H and O–H groups in total. The van der Waals surface area contributed by atoms with E-state index >= 15 is 0 Å². The van der Waals surface area contributed by atoms with Crippen LogP contribution in [0.4, 0.5) is 0 Å². The Morgan fingerprint density at radius 1 is 1.28 bits per heavy atom. The smallest absolute Gasteiger partial charge is 0.135 e. The van der Waals surface area contributed by atoms with Crippen LogP contribution in [0, 0.1) is 11.8 Å². The van der Waals surface area contributed by atoms with Crippen LogP contribution in [0.2, 0.25) is 0 Å². The maximum Gasteiger partial charge on any atom is 0.135 e. The summed E-state index contributed by atoms with van der Waals surface area (Å²) < 4.78 is 5.60. The van der Waals surface area contributed by atoms with Crippen molar-refractivity contribution in [1.82, 2.24) is 4.90 Å². The van der Waals surface area contributed by atoms with E-state index in [4.69, 9.17) is 4.74 Å². The van der Waals surface area contributed by atoms with Crippen LogP contribution in [0.1, 0.15) is 46.5 Å². The van der Waals surface area contributed by atoms with Crippen molar-refractivity contribution >= 4 is 5.78 Å². The molecule has 1 aliphatic heterocycles. The number of ether oxygens (including phenoxy) is 1. The fraction of sp³-hybridized carbons (Fsp3) is 0.933. The van der Waals surface area contributed by atoms with Crippen LogP contribution in [0.3, 0.4) is 0 Å². The Balaban J connectivity index is 1.91. The Kier molecular flexibility index (Phi) is 7.52. The Bertz CT molecular complexity index is 233. The molecule has 0 spiro atoms. The molecule has 0 radical (unpaired) electrons. The van der Waals surface area contributed by atoms with Crippen molar-refractivity contribution in [2.24, 2.45) is 11.8 Å². The summed E-state index contributed by atoms with van der Waals surface area (Å²) in [5.41, 5.74) is 0. The van der Waals surface area contributed by atoms with Gasteiger partial charge < -0.3 is 9.64 Å². The number of hydrogen-bond donors (Lipinski definition) is 0. The quantitative estimate of drug-likeness (QED) is 0.625. The first kappa shape index (κ1) is 15.6. The zero-order valence-electron chi connectivity index (χ0n) is 12.3. The Hall–Kier alpha value is -0.410. The third-order valence-corrected chi connectivity index (χ3v) is 3.78. The van der Waals surface area contributed by atoms with E-state index < -0.39 is 0 Å². The minimum Gasteiger partial charge on any atom is -0.380 e. The van der Waals surface area contributed by atoms with Crippen molar-refractivity contribution in [2.75, 3.05) is 32.8 Å². The highest BCUT2D eigenvalue weighted by molar-refractivity contribution is 5.80. The average Bonchev–Trinajstić information content (AvgIpc) is 2.35. The van der Waals surface area contributed by atoms with Gasteiger partial charge in [0.1, 0.15) is 5.78 Å². The molecule has 106 valence electrons. The number of ketones is 1. The van der Waals surface area contributed by atoms with Crippen molar-refractivity contribution in [1.29, 1.82) is 0 Å². The molecule has 0 unspecified atom stereocenters. The van der Waals surface area contributed by atoms with Crippen molar-refractivity contribution in [3.63, 3.8) is 0 Å². The molecule has 1 fully saturated rings. The van der Waals surface area contributed by atoms with Gasteiger partial charge in [-0.1, -0.05) is 20.8 Å². The lowest BCUT2D eigenvalue weighted by atomic mass is 9.99. The van der Waals surface area contributed by atoms with Gasteiger partial charge in [-0.3, -0.25) is 4.79 Å². The van der Waals surface area contributed by atoms with Gasteiger partial charge in [-0.2, -0.15) is 0 Å². The number of Topliss-reactive ketones (excluding diaryl/α,β-unsaturated/α-hetero) is 1. The largest absolute Gasteiger partial charge is 0.380 e. The summed E-state index contributed by atoms with van der Waals surface area (Å²) in [6.07, 6.45) is 4.18. The topological polar surface area (TPSA) is 29.5 Å². The van der Waals surface area contributed by atoms with Crippen LogP contribution in [-0.2, 0) is 9.53 Å². The van der Waals surface area contributed by atoms with Crippen LogP contribution in [0.15, 0.2) is 0 Å². The van der Waals surface area contributed by atoms with Crippen molar-refractivity contribution < 1.29 is 9.53 Å². The van der Waals surface area contributed by atoms with Gasteiger partial charge in [-0.25, -0.2) is 0 Å².